The highest BCUT2D eigenvalue weighted by atomic mass is 16.3. The van der Waals surface area contributed by atoms with Gasteiger partial charge >= 0.3 is 0 Å². The Labute approximate surface area is 109 Å². The molecule has 1 aromatic heterocycles. The van der Waals surface area contributed by atoms with Gasteiger partial charge in [0.2, 0.25) is 0 Å². The molecule has 0 aliphatic heterocycles. The molecule has 1 fully saturated rings. The van der Waals surface area contributed by atoms with E-state index in [1.807, 2.05) is 19.9 Å². The van der Waals surface area contributed by atoms with Gasteiger partial charge in [0.05, 0.1) is 11.6 Å². The van der Waals surface area contributed by atoms with Gasteiger partial charge in [-0.25, -0.2) is 5.84 Å². The standard InChI is InChI=1S/C14H23N3O/c1-10-9-13(11(2)18-10)14(17-15)16-12-7-5-3-4-6-8-12/h9,12H,3-8,15H2,1-2H3,(H,16,17). The van der Waals surface area contributed by atoms with Gasteiger partial charge in [0, 0.05) is 0 Å². The average Bonchev–Trinajstić information content (AvgIpc) is 2.57. The molecule has 0 bridgehead atoms. The number of nitrogens with one attached hydrogen (secondary N) is 1. The van der Waals surface area contributed by atoms with Gasteiger partial charge < -0.3 is 9.84 Å². The molecule has 1 saturated carbocycles. The van der Waals surface area contributed by atoms with Crippen molar-refractivity contribution >= 4 is 5.84 Å². The lowest BCUT2D eigenvalue weighted by atomic mass is 10.1. The van der Waals surface area contributed by atoms with Crippen LogP contribution >= 0.6 is 0 Å². The lowest BCUT2D eigenvalue weighted by Gasteiger charge is -2.12. The number of hydrogen-bond donors (Lipinski definition) is 2. The van der Waals surface area contributed by atoms with Crippen LogP contribution in [-0.4, -0.2) is 11.9 Å². The summed E-state index contributed by atoms with van der Waals surface area (Å²) in [5.74, 6) is 8.14. The summed E-state index contributed by atoms with van der Waals surface area (Å²) in [6.45, 7) is 3.89. The lowest BCUT2D eigenvalue weighted by Crippen LogP contribution is -2.32. The van der Waals surface area contributed by atoms with Crippen molar-refractivity contribution in [1.29, 1.82) is 0 Å². The zero-order valence-corrected chi connectivity index (χ0v) is 11.3. The van der Waals surface area contributed by atoms with Crippen molar-refractivity contribution in [3.8, 4) is 0 Å². The van der Waals surface area contributed by atoms with E-state index in [1.165, 1.54) is 38.5 Å². The Morgan fingerprint density at radius 3 is 2.44 bits per heavy atom. The summed E-state index contributed by atoms with van der Waals surface area (Å²) in [5, 5.41) is 0. The van der Waals surface area contributed by atoms with Crippen LogP contribution in [0.15, 0.2) is 15.5 Å². The summed E-state index contributed by atoms with van der Waals surface area (Å²) in [7, 11) is 0. The molecule has 0 amide bonds. The van der Waals surface area contributed by atoms with Crippen LogP contribution in [-0.2, 0) is 0 Å². The highest BCUT2D eigenvalue weighted by Crippen LogP contribution is 2.21. The number of nitrogens with zero attached hydrogens (tertiary/aromatic N) is 1. The molecule has 0 unspecified atom stereocenters. The summed E-state index contributed by atoms with van der Waals surface area (Å²) < 4.78 is 5.53. The second-order valence-corrected chi connectivity index (χ2v) is 5.09. The molecule has 0 spiro atoms. The van der Waals surface area contributed by atoms with Crippen LogP contribution in [0.4, 0.5) is 0 Å². The van der Waals surface area contributed by atoms with Gasteiger partial charge in [-0.1, -0.05) is 25.7 Å². The van der Waals surface area contributed by atoms with Gasteiger partial charge in [-0.3, -0.25) is 4.99 Å². The largest absolute Gasteiger partial charge is 0.466 e. The molecule has 1 aromatic rings. The SMILES string of the molecule is Cc1cc(C(=NC2CCCCCC2)NN)c(C)o1. The van der Waals surface area contributed by atoms with E-state index in [-0.39, 0.29) is 0 Å². The van der Waals surface area contributed by atoms with E-state index in [1.54, 1.807) is 0 Å². The Balaban J connectivity index is 2.18. The minimum absolute atomic E-state index is 0.396. The van der Waals surface area contributed by atoms with Gasteiger partial charge in [-0.2, -0.15) is 0 Å². The maximum absolute atomic E-state index is 5.62. The zero-order chi connectivity index (χ0) is 13.0. The molecule has 1 heterocycles. The average molecular weight is 249 g/mol. The quantitative estimate of drug-likeness (QED) is 0.278. The van der Waals surface area contributed by atoms with Crippen molar-refractivity contribution in [2.45, 2.75) is 58.4 Å². The van der Waals surface area contributed by atoms with Gasteiger partial charge in [-0.05, 0) is 32.8 Å². The van der Waals surface area contributed by atoms with Crippen LogP contribution in [0.3, 0.4) is 0 Å². The fourth-order valence-electron chi connectivity index (χ4n) is 2.62. The van der Waals surface area contributed by atoms with Crippen LogP contribution in [0, 0.1) is 13.8 Å². The molecular formula is C14H23N3O. The van der Waals surface area contributed by atoms with Crippen molar-refractivity contribution < 1.29 is 4.42 Å². The van der Waals surface area contributed by atoms with Crippen LogP contribution in [0.1, 0.15) is 55.6 Å². The highest BCUT2D eigenvalue weighted by molar-refractivity contribution is 5.99. The number of aryl methyl sites for hydroxylation is 2. The van der Waals surface area contributed by atoms with Crippen molar-refractivity contribution in [3.63, 3.8) is 0 Å². The van der Waals surface area contributed by atoms with E-state index >= 15 is 0 Å². The zero-order valence-electron chi connectivity index (χ0n) is 11.3. The number of amidine groups is 1. The Bertz CT molecular complexity index is 415. The molecule has 0 saturated heterocycles. The Morgan fingerprint density at radius 1 is 1.28 bits per heavy atom. The van der Waals surface area contributed by atoms with Crippen molar-refractivity contribution in [3.05, 3.63) is 23.2 Å². The van der Waals surface area contributed by atoms with Crippen molar-refractivity contribution in [2.24, 2.45) is 10.8 Å². The van der Waals surface area contributed by atoms with E-state index in [9.17, 15) is 0 Å². The minimum Gasteiger partial charge on any atom is -0.466 e. The first-order chi connectivity index (χ1) is 8.70. The molecule has 0 aromatic carbocycles. The first-order valence-corrected chi connectivity index (χ1v) is 6.82. The summed E-state index contributed by atoms with van der Waals surface area (Å²) in [4.78, 5) is 4.78. The number of aliphatic imine (C=N–C) groups is 1. The van der Waals surface area contributed by atoms with Gasteiger partial charge in [0.15, 0.2) is 0 Å². The third-order valence-corrected chi connectivity index (χ3v) is 3.57. The smallest absolute Gasteiger partial charge is 0.146 e. The van der Waals surface area contributed by atoms with Gasteiger partial charge in [-0.15, -0.1) is 0 Å². The summed E-state index contributed by atoms with van der Waals surface area (Å²) >= 11 is 0. The molecule has 18 heavy (non-hydrogen) atoms. The number of furan rings is 1. The summed E-state index contributed by atoms with van der Waals surface area (Å²) in [6, 6.07) is 2.39. The molecule has 100 valence electrons. The molecule has 4 heteroatoms. The number of hydrogen-bond acceptors (Lipinski definition) is 3. The third kappa shape index (κ3) is 3.13. The van der Waals surface area contributed by atoms with Crippen LogP contribution < -0.4 is 11.3 Å². The molecule has 0 atom stereocenters. The number of nitrogens with two attached hydrogens (primary N) is 1. The Morgan fingerprint density at radius 2 is 1.94 bits per heavy atom. The molecule has 1 aliphatic carbocycles. The minimum atomic E-state index is 0.396. The molecule has 4 nitrogen and oxygen atoms in total. The van der Waals surface area contributed by atoms with Gasteiger partial charge in [0.1, 0.15) is 17.4 Å². The van der Waals surface area contributed by atoms with E-state index in [0.29, 0.717) is 6.04 Å². The highest BCUT2D eigenvalue weighted by Gasteiger charge is 2.15. The first kappa shape index (κ1) is 13.1. The van der Waals surface area contributed by atoms with E-state index < -0.39 is 0 Å². The van der Waals surface area contributed by atoms with Crippen LogP contribution in [0.2, 0.25) is 0 Å². The molecular weight excluding hydrogens is 226 g/mol. The second kappa shape index (κ2) is 6.05. The molecule has 1 aliphatic rings. The number of hydrazine groups is 1. The van der Waals surface area contributed by atoms with Crippen molar-refractivity contribution in [2.75, 3.05) is 0 Å². The molecule has 3 N–H and O–H groups in total. The second-order valence-electron chi connectivity index (χ2n) is 5.09. The fourth-order valence-corrected chi connectivity index (χ4v) is 2.62. The predicted octanol–water partition coefficient (Wildman–Crippen LogP) is 2.83. The topological polar surface area (TPSA) is 63.5 Å². The lowest BCUT2D eigenvalue weighted by molar-refractivity contribution is 0.503. The van der Waals surface area contributed by atoms with E-state index in [0.717, 1.165) is 22.9 Å². The first-order valence-electron chi connectivity index (χ1n) is 6.82. The Kier molecular flexibility index (Phi) is 4.42. The van der Waals surface area contributed by atoms with Crippen molar-refractivity contribution in [1.82, 2.24) is 5.43 Å². The van der Waals surface area contributed by atoms with Crippen LogP contribution in [0.25, 0.3) is 0 Å². The Hall–Kier alpha value is -1.29. The number of rotatable bonds is 2. The van der Waals surface area contributed by atoms with Crippen LogP contribution in [0.5, 0.6) is 0 Å². The molecule has 0 radical (unpaired) electrons. The fraction of sp³-hybridized carbons (Fsp3) is 0.643. The summed E-state index contributed by atoms with van der Waals surface area (Å²) in [5.41, 5.74) is 3.72. The maximum atomic E-state index is 5.62. The monoisotopic (exact) mass is 249 g/mol. The van der Waals surface area contributed by atoms with E-state index in [4.69, 9.17) is 15.3 Å². The molecule has 2 rings (SSSR count). The third-order valence-electron chi connectivity index (χ3n) is 3.57. The van der Waals surface area contributed by atoms with E-state index in [2.05, 4.69) is 5.43 Å². The normalized spacial score (nSPS) is 18.7. The summed E-state index contributed by atoms with van der Waals surface area (Å²) in [6.07, 6.45) is 7.55. The predicted molar refractivity (Wildman–Crippen MR) is 73.5 cm³/mol. The maximum Gasteiger partial charge on any atom is 0.146 e. The van der Waals surface area contributed by atoms with Gasteiger partial charge in [0.25, 0.3) is 0 Å².